The summed E-state index contributed by atoms with van der Waals surface area (Å²) in [5.74, 6) is 1.45. The summed E-state index contributed by atoms with van der Waals surface area (Å²) in [6.07, 6.45) is 8.52. The highest BCUT2D eigenvalue weighted by molar-refractivity contribution is 5.99. The smallest absolute Gasteiger partial charge is 0.278 e. The topological polar surface area (TPSA) is 59.3 Å². The van der Waals surface area contributed by atoms with Crippen molar-refractivity contribution >= 4 is 22.1 Å². The number of hydrogen-bond acceptors (Lipinski definition) is 4. The van der Waals surface area contributed by atoms with E-state index in [0.29, 0.717) is 17.3 Å². The minimum atomic E-state index is -0.316. The number of benzene rings is 1. The molecule has 0 radical (unpaired) electrons. The number of nitrogens with zero attached hydrogens (tertiary/aromatic N) is 3. The van der Waals surface area contributed by atoms with E-state index in [-0.39, 0.29) is 10.6 Å². The molecular formula is C18H21N3O2. The lowest BCUT2D eigenvalue weighted by Gasteiger charge is -2.34. The van der Waals surface area contributed by atoms with Crippen LogP contribution in [0.2, 0.25) is 0 Å². The quantitative estimate of drug-likeness (QED) is 0.617. The maximum absolute atomic E-state index is 11.3. The lowest BCUT2D eigenvalue weighted by molar-refractivity contribution is -0.383. The number of non-ortho nitro benzene ring substituents is 1. The van der Waals surface area contributed by atoms with Gasteiger partial charge >= 0.3 is 0 Å². The molecule has 1 aromatic heterocycles. The van der Waals surface area contributed by atoms with Crippen LogP contribution in [0.3, 0.4) is 0 Å². The first-order valence-electron chi connectivity index (χ1n) is 8.44. The number of fused-ring (bicyclic) bond motifs is 2. The van der Waals surface area contributed by atoms with E-state index >= 15 is 0 Å². The molecule has 2 fully saturated rings. The maximum atomic E-state index is 11.3. The van der Waals surface area contributed by atoms with Gasteiger partial charge in [0, 0.05) is 42.1 Å². The maximum Gasteiger partial charge on any atom is 0.278 e. The standard InChI is InChI=1S/C18H21N3O2/c1-12-11-20(16-5-3-2-4-13(12)16)17-6-7-18(21(22)23)15-10-19-9-8-14(15)17/h6-10,12-13,16H,2-5,11H2,1H3. The van der Waals surface area contributed by atoms with Crippen molar-refractivity contribution in [3.05, 3.63) is 40.7 Å². The van der Waals surface area contributed by atoms with E-state index in [1.165, 1.54) is 25.7 Å². The number of aromatic nitrogens is 1. The third-order valence-corrected chi connectivity index (χ3v) is 5.68. The van der Waals surface area contributed by atoms with Crippen molar-refractivity contribution in [3.63, 3.8) is 0 Å². The number of nitro benzene ring substituents is 1. The molecule has 1 aromatic carbocycles. The van der Waals surface area contributed by atoms with Gasteiger partial charge in [-0.05, 0) is 36.8 Å². The molecule has 1 aliphatic carbocycles. The van der Waals surface area contributed by atoms with Crippen LogP contribution in [-0.2, 0) is 0 Å². The average molecular weight is 311 g/mol. The first-order chi connectivity index (χ1) is 11.2. The average Bonchev–Trinajstić information content (AvgIpc) is 2.91. The van der Waals surface area contributed by atoms with E-state index in [0.717, 1.165) is 23.5 Å². The molecule has 2 heterocycles. The lowest BCUT2D eigenvalue weighted by Crippen LogP contribution is -2.34. The largest absolute Gasteiger partial charge is 0.367 e. The van der Waals surface area contributed by atoms with Crippen molar-refractivity contribution in [1.29, 1.82) is 0 Å². The molecule has 5 nitrogen and oxygen atoms in total. The van der Waals surface area contributed by atoms with Gasteiger partial charge in [-0.25, -0.2) is 0 Å². The van der Waals surface area contributed by atoms with Crippen molar-refractivity contribution in [2.45, 2.75) is 38.6 Å². The number of hydrogen-bond donors (Lipinski definition) is 0. The second-order valence-electron chi connectivity index (χ2n) is 6.93. The predicted molar refractivity (Wildman–Crippen MR) is 90.7 cm³/mol. The zero-order valence-electron chi connectivity index (χ0n) is 13.3. The molecule has 0 amide bonds. The predicted octanol–water partition coefficient (Wildman–Crippen LogP) is 4.16. The molecule has 1 saturated carbocycles. The first kappa shape index (κ1) is 14.4. The van der Waals surface area contributed by atoms with Gasteiger partial charge in [-0.2, -0.15) is 0 Å². The van der Waals surface area contributed by atoms with Crippen LogP contribution in [0.25, 0.3) is 10.8 Å². The monoisotopic (exact) mass is 311 g/mol. The Bertz CT molecular complexity index is 761. The fraction of sp³-hybridized carbons (Fsp3) is 0.500. The van der Waals surface area contributed by atoms with Crippen LogP contribution in [0.1, 0.15) is 32.6 Å². The molecule has 4 rings (SSSR count). The zero-order chi connectivity index (χ0) is 16.0. The third-order valence-electron chi connectivity index (χ3n) is 5.68. The summed E-state index contributed by atoms with van der Waals surface area (Å²) in [5, 5.41) is 12.9. The van der Waals surface area contributed by atoms with Gasteiger partial charge in [-0.3, -0.25) is 15.1 Å². The van der Waals surface area contributed by atoms with Crippen LogP contribution >= 0.6 is 0 Å². The van der Waals surface area contributed by atoms with Crippen molar-refractivity contribution in [2.75, 3.05) is 11.4 Å². The number of rotatable bonds is 2. The summed E-state index contributed by atoms with van der Waals surface area (Å²) < 4.78 is 0. The van der Waals surface area contributed by atoms with Crippen LogP contribution in [0, 0.1) is 22.0 Å². The van der Waals surface area contributed by atoms with Gasteiger partial charge in [0.15, 0.2) is 0 Å². The van der Waals surface area contributed by atoms with Crippen molar-refractivity contribution in [3.8, 4) is 0 Å². The minimum absolute atomic E-state index is 0.143. The van der Waals surface area contributed by atoms with Gasteiger partial charge in [0.2, 0.25) is 0 Å². The SMILES string of the molecule is CC1CN(c2ccc([N+](=O)[O-])c3cnccc23)C2CCCCC12. The van der Waals surface area contributed by atoms with E-state index in [2.05, 4.69) is 16.8 Å². The van der Waals surface area contributed by atoms with Crippen molar-refractivity contribution < 1.29 is 4.92 Å². The highest BCUT2D eigenvalue weighted by Crippen LogP contribution is 2.44. The second-order valence-corrected chi connectivity index (χ2v) is 6.93. The highest BCUT2D eigenvalue weighted by Gasteiger charge is 2.41. The van der Waals surface area contributed by atoms with Gasteiger partial charge in [0.05, 0.1) is 10.3 Å². The molecule has 3 unspecified atom stereocenters. The van der Waals surface area contributed by atoms with Crippen LogP contribution in [0.4, 0.5) is 11.4 Å². The molecule has 0 N–H and O–H groups in total. The van der Waals surface area contributed by atoms with Crippen LogP contribution < -0.4 is 4.90 Å². The summed E-state index contributed by atoms with van der Waals surface area (Å²) in [6, 6.07) is 6.07. The Morgan fingerprint density at radius 3 is 2.87 bits per heavy atom. The Hall–Kier alpha value is -2.17. The summed E-state index contributed by atoms with van der Waals surface area (Å²) in [4.78, 5) is 17.6. The summed E-state index contributed by atoms with van der Waals surface area (Å²) in [6.45, 7) is 3.39. The number of anilines is 1. The minimum Gasteiger partial charge on any atom is -0.367 e. The lowest BCUT2D eigenvalue weighted by atomic mass is 9.80. The van der Waals surface area contributed by atoms with E-state index in [4.69, 9.17) is 0 Å². The van der Waals surface area contributed by atoms with Gasteiger partial charge in [0.25, 0.3) is 5.69 Å². The molecule has 1 aliphatic heterocycles. The Labute approximate surface area is 135 Å². The molecule has 2 aromatic rings. The fourth-order valence-corrected chi connectivity index (χ4v) is 4.62. The molecule has 1 saturated heterocycles. The third kappa shape index (κ3) is 2.26. The Morgan fingerprint density at radius 1 is 1.22 bits per heavy atom. The van der Waals surface area contributed by atoms with Gasteiger partial charge in [-0.1, -0.05) is 19.8 Å². The first-order valence-corrected chi connectivity index (χ1v) is 8.44. The number of pyridine rings is 1. The molecular weight excluding hydrogens is 290 g/mol. The Balaban J connectivity index is 1.83. The molecule has 3 atom stereocenters. The van der Waals surface area contributed by atoms with E-state index in [1.807, 2.05) is 12.1 Å². The Morgan fingerprint density at radius 2 is 2.04 bits per heavy atom. The van der Waals surface area contributed by atoms with Gasteiger partial charge < -0.3 is 4.90 Å². The normalized spacial score (nSPS) is 27.2. The second kappa shape index (κ2) is 5.48. The summed E-state index contributed by atoms with van der Waals surface area (Å²) in [5.41, 5.74) is 1.28. The van der Waals surface area contributed by atoms with E-state index < -0.39 is 0 Å². The highest BCUT2D eigenvalue weighted by atomic mass is 16.6. The van der Waals surface area contributed by atoms with Crippen molar-refractivity contribution in [1.82, 2.24) is 4.98 Å². The molecule has 0 spiro atoms. The van der Waals surface area contributed by atoms with Crippen molar-refractivity contribution in [2.24, 2.45) is 11.8 Å². The molecule has 0 bridgehead atoms. The van der Waals surface area contributed by atoms with Crippen LogP contribution in [0.5, 0.6) is 0 Å². The summed E-state index contributed by atoms with van der Waals surface area (Å²) in [7, 11) is 0. The van der Waals surface area contributed by atoms with E-state index in [1.54, 1.807) is 18.5 Å². The molecule has 2 aliphatic rings. The molecule has 5 heteroatoms. The van der Waals surface area contributed by atoms with Gasteiger partial charge in [-0.15, -0.1) is 0 Å². The molecule has 120 valence electrons. The molecule has 23 heavy (non-hydrogen) atoms. The fourth-order valence-electron chi connectivity index (χ4n) is 4.62. The van der Waals surface area contributed by atoms with Crippen LogP contribution in [-0.4, -0.2) is 22.5 Å². The Kier molecular flexibility index (Phi) is 3.43. The van der Waals surface area contributed by atoms with Crippen LogP contribution in [0.15, 0.2) is 30.6 Å². The van der Waals surface area contributed by atoms with Gasteiger partial charge in [0.1, 0.15) is 0 Å². The zero-order valence-corrected chi connectivity index (χ0v) is 13.3. The van der Waals surface area contributed by atoms with E-state index in [9.17, 15) is 10.1 Å². The number of nitro groups is 1. The summed E-state index contributed by atoms with van der Waals surface area (Å²) >= 11 is 0.